The van der Waals surface area contributed by atoms with Gasteiger partial charge in [-0.1, -0.05) is 64.5 Å². The Bertz CT molecular complexity index is 744. The molecule has 2 rings (SSSR count). The van der Waals surface area contributed by atoms with Crippen LogP contribution < -0.4 is 5.32 Å². The van der Waals surface area contributed by atoms with Gasteiger partial charge in [0.05, 0.1) is 0 Å². The van der Waals surface area contributed by atoms with Crippen LogP contribution in [-0.2, 0) is 20.7 Å². The summed E-state index contributed by atoms with van der Waals surface area (Å²) in [5.74, 6) is -0.861. The van der Waals surface area contributed by atoms with E-state index < -0.39 is 12.1 Å². The average Bonchev–Trinajstić information content (AvgIpc) is 2.62. The van der Waals surface area contributed by atoms with Crippen LogP contribution in [0.5, 0.6) is 0 Å². The minimum Gasteiger partial charge on any atom is -0.449 e. The molecule has 4 nitrogen and oxygen atoms in total. The summed E-state index contributed by atoms with van der Waals surface area (Å²) in [6, 6.07) is 17.4. The first kappa shape index (κ1) is 18.9. The predicted molar refractivity (Wildman–Crippen MR) is 102 cm³/mol. The Hall–Kier alpha value is -2.40. The van der Waals surface area contributed by atoms with Crippen molar-refractivity contribution in [1.82, 2.24) is 5.32 Å². The SMILES string of the molecule is C[C@H](OC(=O)/C=C/c1ccccc1Br)C(=O)NCCc1ccccc1. The van der Waals surface area contributed by atoms with Gasteiger partial charge in [0.15, 0.2) is 6.10 Å². The molecule has 0 unspecified atom stereocenters. The van der Waals surface area contributed by atoms with Gasteiger partial charge in [-0.2, -0.15) is 0 Å². The second-order valence-electron chi connectivity index (χ2n) is 5.46. The molecule has 5 heteroatoms. The standard InChI is InChI=1S/C20H20BrNO3/c1-15(20(24)22-14-13-16-7-3-2-4-8-16)25-19(23)12-11-17-9-5-6-10-18(17)21/h2-12,15H,13-14H2,1H3,(H,22,24)/b12-11+/t15-/m0/s1. The molecule has 1 N–H and O–H groups in total. The van der Waals surface area contributed by atoms with Crippen LogP contribution in [0.2, 0.25) is 0 Å². The maximum Gasteiger partial charge on any atom is 0.331 e. The largest absolute Gasteiger partial charge is 0.449 e. The molecular weight excluding hydrogens is 382 g/mol. The molecule has 0 fully saturated rings. The van der Waals surface area contributed by atoms with E-state index in [2.05, 4.69) is 21.2 Å². The summed E-state index contributed by atoms with van der Waals surface area (Å²) >= 11 is 3.40. The van der Waals surface area contributed by atoms with Crippen molar-refractivity contribution in [3.63, 3.8) is 0 Å². The Morgan fingerprint density at radius 1 is 1.12 bits per heavy atom. The maximum absolute atomic E-state index is 12.0. The molecule has 0 saturated heterocycles. The highest BCUT2D eigenvalue weighted by Crippen LogP contribution is 2.17. The van der Waals surface area contributed by atoms with Crippen LogP contribution >= 0.6 is 15.9 Å². The fourth-order valence-electron chi connectivity index (χ4n) is 2.15. The quantitative estimate of drug-likeness (QED) is 0.567. The Labute approximate surface area is 156 Å². The summed E-state index contributed by atoms with van der Waals surface area (Å²) in [4.78, 5) is 23.8. The molecule has 0 spiro atoms. The molecule has 0 bridgehead atoms. The minimum atomic E-state index is -0.841. The van der Waals surface area contributed by atoms with Gasteiger partial charge in [0.25, 0.3) is 5.91 Å². The molecule has 25 heavy (non-hydrogen) atoms. The molecule has 0 aromatic heterocycles. The summed E-state index contributed by atoms with van der Waals surface area (Å²) in [5, 5.41) is 2.77. The Morgan fingerprint density at radius 2 is 1.80 bits per heavy atom. The topological polar surface area (TPSA) is 55.4 Å². The number of benzene rings is 2. The molecule has 0 aliphatic rings. The Balaban J connectivity index is 1.76. The van der Waals surface area contributed by atoms with Crippen LogP contribution in [0, 0.1) is 0 Å². The number of hydrogen-bond donors (Lipinski definition) is 1. The highest BCUT2D eigenvalue weighted by atomic mass is 79.9. The molecule has 0 radical (unpaired) electrons. The number of carbonyl (C=O) groups is 2. The minimum absolute atomic E-state index is 0.307. The Morgan fingerprint density at radius 3 is 2.52 bits per heavy atom. The van der Waals surface area contributed by atoms with Crippen LogP contribution in [0.1, 0.15) is 18.1 Å². The number of ether oxygens (including phenoxy) is 1. The van der Waals surface area contributed by atoms with Gasteiger partial charge in [0, 0.05) is 17.1 Å². The average molecular weight is 402 g/mol. The lowest BCUT2D eigenvalue weighted by molar-refractivity contribution is -0.150. The number of nitrogens with one attached hydrogen (secondary N) is 1. The van der Waals surface area contributed by atoms with Crippen molar-refractivity contribution < 1.29 is 14.3 Å². The van der Waals surface area contributed by atoms with Crippen LogP contribution in [0.3, 0.4) is 0 Å². The molecule has 0 heterocycles. The second kappa shape index (κ2) is 9.79. The van der Waals surface area contributed by atoms with Gasteiger partial charge in [-0.25, -0.2) is 4.79 Å². The van der Waals surface area contributed by atoms with E-state index in [4.69, 9.17) is 4.74 Å². The van der Waals surface area contributed by atoms with Crippen LogP contribution in [0.4, 0.5) is 0 Å². The fourth-order valence-corrected chi connectivity index (χ4v) is 2.57. The third-order valence-corrected chi connectivity index (χ3v) is 4.24. The third-order valence-electron chi connectivity index (χ3n) is 3.52. The predicted octanol–water partition coefficient (Wildman–Crippen LogP) is 3.75. The molecule has 2 aromatic carbocycles. The monoisotopic (exact) mass is 401 g/mol. The van der Waals surface area contributed by atoms with Gasteiger partial charge >= 0.3 is 5.97 Å². The fraction of sp³-hybridized carbons (Fsp3) is 0.200. The van der Waals surface area contributed by atoms with Gasteiger partial charge in [0.2, 0.25) is 0 Å². The molecule has 1 amide bonds. The summed E-state index contributed by atoms with van der Waals surface area (Å²) in [6.07, 6.45) is 2.85. The zero-order chi connectivity index (χ0) is 18.1. The normalized spacial score (nSPS) is 11.9. The lowest BCUT2D eigenvalue weighted by atomic mass is 10.1. The number of amides is 1. The lowest BCUT2D eigenvalue weighted by Gasteiger charge is -2.12. The smallest absolute Gasteiger partial charge is 0.331 e. The van der Waals surface area contributed by atoms with Crippen molar-refractivity contribution in [3.8, 4) is 0 Å². The number of halogens is 1. The molecule has 0 aliphatic carbocycles. The summed E-state index contributed by atoms with van der Waals surface area (Å²) in [5.41, 5.74) is 2.00. The summed E-state index contributed by atoms with van der Waals surface area (Å²) in [6.45, 7) is 2.06. The van der Waals surface area contributed by atoms with E-state index in [1.165, 1.54) is 6.08 Å². The van der Waals surface area contributed by atoms with Gasteiger partial charge in [0.1, 0.15) is 0 Å². The van der Waals surface area contributed by atoms with Crippen molar-refractivity contribution in [3.05, 3.63) is 76.3 Å². The van der Waals surface area contributed by atoms with Crippen molar-refractivity contribution in [2.45, 2.75) is 19.4 Å². The van der Waals surface area contributed by atoms with Gasteiger partial charge in [-0.05, 0) is 36.6 Å². The van der Waals surface area contributed by atoms with Gasteiger partial charge < -0.3 is 10.1 Å². The molecule has 1 atom stereocenters. The van der Waals surface area contributed by atoms with E-state index in [0.717, 1.165) is 22.0 Å². The van der Waals surface area contributed by atoms with Crippen molar-refractivity contribution in [2.75, 3.05) is 6.54 Å². The van der Waals surface area contributed by atoms with Crippen molar-refractivity contribution in [1.29, 1.82) is 0 Å². The van der Waals surface area contributed by atoms with E-state index in [1.807, 2.05) is 54.6 Å². The number of hydrogen-bond acceptors (Lipinski definition) is 3. The number of carbonyl (C=O) groups excluding carboxylic acids is 2. The second-order valence-corrected chi connectivity index (χ2v) is 6.31. The van der Waals surface area contributed by atoms with Crippen LogP contribution in [-0.4, -0.2) is 24.5 Å². The highest BCUT2D eigenvalue weighted by molar-refractivity contribution is 9.10. The molecule has 130 valence electrons. The van der Waals surface area contributed by atoms with Crippen LogP contribution in [0.25, 0.3) is 6.08 Å². The molecule has 0 saturated carbocycles. The van der Waals surface area contributed by atoms with E-state index in [1.54, 1.807) is 13.0 Å². The zero-order valence-electron chi connectivity index (χ0n) is 13.9. The lowest BCUT2D eigenvalue weighted by Crippen LogP contribution is -2.36. The van der Waals surface area contributed by atoms with E-state index in [-0.39, 0.29) is 5.91 Å². The molecular formula is C20H20BrNO3. The summed E-state index contributed by atoms with van der Waals surface area (Å²) in [7, 11) is 0. The third kappa shape index (κ3) is 6.55. The van der Waals surface area contributed by atoms with Crippen LogP contribution in [0.15, 0.2) is 65.1 Å². The number of esters is 1. The molecule has 0 aliphatic heterocycles. The van der Waals surface area contributed by atoms with Gasteiger partial charge in [-0.3, -0.25) is 4.79 Å². The zero-order valence-corrected chi connectivity index (χ0v) is 15.5. The first-order valence-corrected chi connectivity index (χ1v) is 8.80. The molecule has 2 aromatic rings. The van der Waals surface area contributed by atoms with E-state index >= 15 is 0 Å². The van der Waals surface area contributed by atoms with Gasteiger partial charge in [-0.15, -0.1) is 0 Å². The van der Waals surface area contributed by atoms with E-state index in [0.29, 0.717) is 6.54 Å². The first-order chi connectivity index (χ1) is 12.1. The maximum atomic E-state index is 12.0. The number of rotatable bonds is 7. The highest BCUT2D eigenvalue weighted by Gasteiger charge is 2.15. The van der Waals surface area contributed by atoms with E-state index in [9.17, 15) is 9.59 Å². The first-order valence-electron chi connectivity index (χ1n) is 8.01. The summed E-state index contributed by atoms with van der Waals surface area (Å²) < 4.78 is 6.00. The van der Waals surface area contributed by atoms with Crippen molar-refractivity contribution >= 4 is 33.9 Å². The Kier molecular flexibility index (Phi) is 7.41. The van der Waals surface area contributed by atoms with Crippen molar-refractivity contribution in [2.24, 2.45) is 0 Å².